The molecule has 5 heteroatoms. The molecule has 1 N–H and O–H groups in total. The second-order valence-corrected chi connectivity index (χ2v) is 4.64. The first kappa shape index (κ1) is 13.3. The topological polar surface area (TPSA) is 68.0 Å². The standard InChI is InChI=1S/C14H17N3O2/c1-4-5-11-13(14(18)19)15-16-17(11)12-8-9(2)6-7-10(12)3/h6-8H,4-5H2,1-3H3,(H,18,19). The summed E-state index contributed by atoms with van der Waals surface area (Å²) in [6, 6.07) is 6.02. The molecule has 0 fully saturated rings. The lowest BCUT2D eigenvalue weighted by atomic mass is 10.1. The van der Waals surface area contributed by atoms with Crippen LogP contribution in [0.1, 0.15) is 40.7 Å². The summed E-state index contributed by atoms with van der Waals surface area (Å²) in [5.41, 5.74) is 3.75. The summed E-state index contributed by atoms with van der Waals surface area (Å²) in [4.78, 5) is 11.2. The highest BCUT2D eigenvalue weighted by molar-refractivity contribution is 5.86. The largest absolute Gasteiger partial charge is 0.476 e. The molecule has 0 spiro atoms. The number of carbonyl (C=O) groups is 1. The second-order valence-electron chi connectivity index (χ2n) is 4.64. The number of benzene rings is 1. The quantitative estimate of drug-likeness (QED) is 0.916. The van der Waals surface area contributed by atoms with Crippen LogP contribution in [0.15, 0.2) is 18.2 Å². The molecule has 0 saturated heterocycles. The third kappa shape index (κ3) is 2.50. The lowest BCUT2D eigenvalue weighted by molar-refractivity contribution is 0.0689. The van der Waals surface area contributed by atoms with Crippen LogP contribution >= 0.6 is 0 Å². The Hall–Kier alpha value is -2.17. The van der Waals surface area contributed by atoms with Crippen molar-refractivity contribution in [2.45, 2.75) is 33.6 Å². The molecule has 0 radical (unpaired) electrons. The minimum absolute atomic E-state index is 0.0442. The highest BCUT2D eigenvalue weighted by atomic mass is 16.4. The van der Waals surface area contributed by atoms with Gasteiger partial charge in [0.05, 0.1) is 11.4 Å². The van der Waals surface area contributed by atoms with E-state index in [1.807, 2.05) is 39.0 Å². The van der Waals surface area contributed by atoms with Crippen molar-refractivity contribution in [1.82, 2.24) is 15.0 Å². The number of aryl methyl sites for hydroxylation is 2. The third-order valence-electron chi connectivity index (χ3n) is 3.05. The summed E-state index contributed by atoms with van der Waals surface area (Å²) in [5, 5.41) is 17.0. The molecule has 2 aromatic rings. The van der Waals surface area contributed by atoms with E-state index in [0.717, 1.165) is 23.2 Å². The van der Waals surface area contributed by atoms with Gasteiger partial charge in [-0.05, 0) is 37.5 Å². The predicted octanol–water partition coefficient (Wildman–Crippen LogP) is 2.53. The third-order valence-corrected chi connectivity index (χ3v) is 3.05. The van der Waals surface area contributed by atoms with E-state index in [1.165, 1.54) is 0 Å². The fourth-order valence-electron chi connectivity index (χ4n) is 2.07. The SMILES string of the molecule is CCCc1c(C(=O)O)nnn1-c1cc(C)ccc1C. The Morgan fingerprint density at radius 2 is 2.11 bits per heavy atom. The Labute approximate surface area is 111 Å². The van der Waals surface area contributed by atoms with Gasteiger partial charge in [-0.25, -0.2) is 9.48 Å². The number of carboxylic acid groups (broad SMARTS) is 1. The van der Waals surface area contributed by atoms with Crippen LogP contribution in [0, 0.1) is 13.8 Å². The molecule has 0 aliphatic heterocycles. The number of carboxylic acids is 1. The minimum Gasteiger partial charge on any atom is -0.476 e. The number of nitrogens with zero attached hydrogens (tertiary/aromatic N) is 3. The minimum atomic E-state index is -1.03. The van der Waals surface area contributed by atoms with Crippen molar-refractivity contribution in [3.8, 4) is 5.69 Å². The zero-order chi connectivity index (χ0) is 14.0. The summed E-state index contributed by atoms with van der Waals surface area (Å²) >= 11 is 0. The lowest BCUT2D eigenvalue weighted by Crippen LogP contribution is -2.08. The summed E-state index contributed by atoms with van der Waals surface area (Å²) in [6.45, 7) is 5.98. The molecule has 0 saturated carbocycles. The zero-order valence-electron chi connectivity index (χ0n) is 11.3. The maximum absolute atomic E-state index is 11.2. The highest BCUT2D eigenvalue weighted by Crippen LogP contribution is 2.19. The van der Waals surface area contributed by atoms with E-state index in [4.69, 9.17) is 5.11 Å². The molecule has 2 rings (SSSR count). The Morgan fingerprint density at radius 1 is 1.37 bits per heavy atom. The van der Waals surface area contributed by atoms with Crippen LogP contribution in [-0.2, 0) is 6.42 Å². The first-order chi connectivity index (χ1) is 9.04. The lowest BCUT2D eigenvalue weighted by Gasteiger charge is -2.10. The summed E-state index contributed by atoms with van der Waals surface area (Å²) in [5.74, 6) is -1.03. The van der Waals surface area contributed by atoms with Crippen LogP contribution in [0.25, 0.3) is 5.69 Å². The van der Waals surface area contributed by atoms with Gasteiger partial charge in [0.1, 0.15) is 0 Å². The van der Waals surface area contributed by atoms with Gasteiger partial charge in [0.2, 0.25) is 0 Å². The van der Waals surface area contributed by atoms with Gasteiger partial charge in [-0.3, -0.25) is 0 Å². The van der Waals surface area contributed by atoms with Crippen LogP contribution in [0.4, 0.5) is 0 Å². The van der Waals surface area contributed by atoms with Gasteiger partial charge in [-0.2, -0.15) is 0 Å². The van der Waals surface area contributed by atoms with E-state index in [9.17, 15) is 4.79 Å². The molecule has 100 valence electrons. The van der Waals surface area contributed by atoms with Crippen molar-refractivity contribution in [3.63, 3.8) is 0 Å². The van der Waals surface area contributed by atoms with Crippen LogP contribution in [0.5, 0.6) is 0 Å². The first-order valence-corrected chi connectivity index (χ1v) is 6.30. The van der Waals surface area contributed by atoms with Crippen LogP contribution in [0.2, 0.25) is 0 Å². The molecule has 0 aliphatic carbocycles. The molecule has 0 aliphatic rings. The van der Waals surface area contributed by atoms with Gasteiger partial charge in [0.25, 0.3) is 0 Å². The van der Waals surface area contributed by atoms with Crippen molar-refractivity contribution in [3.05, 3.63) is 40.7 Å². The van der Waals surface area contributed by atoms with E-state index >= 15 is 0 Å². The molecule has 19 heavy (non-hydrogen) atoms. The molecule has 5 nitrogen and oxygen atoms in total. The van der Waals surface area contributed by atoms with Crippen molar-refractivity contribution in [1.29, 1.82) is 0 Å². The first-order valence-electron chi connectivity index (χ1n) is 6.30. The number of aromatic nitrogens is 3. The number of rotatable bonds is 4. The average molecular weight is 259 g/mol. The van der Waals surface area contributed by atoms with E-state index in [1.54, 1.807) is 4.68 Å². The molecule has 1 aromatic heterocycles. The van der Waals surface area contributed by atoms with Gasteiger partial charge >= 0.3 is 5.97 Å². The highest BCUT2D eigenvalue weighted by Gasteiger charge is 2.19. The Morgan fingerprint density at radius 3 is 2.74 bits per heavy atom. The van der Waals surface area contributed by atoms with Gasteiger partial charge < -0.3 is 5.11 Å². The van der Waals surface area contributed by atoms with E-state index < -0.39 is 5.97 Å². The maximum Gasteiger partial charge on any atom is 0.358 e. The van der Waals surface area contributed by atoms with Crippen molar-refractivity contribution in [2.24, 2.45) is 0 Å². The number of hydrogen-bond acceptors (Lipinski definition) is 3. The molecule has 1 heterocycles. The normalized spacial score (nSPS) is 10.7. The van der Waals surface area contributed by atoms with Crippen LogP contribution in [0.3, 0.4) is 0 Å². The van der Waals surface area contributed by atoms with Crippen molar-refractivity contribution < 1.29 is 9.90 Å². The Bertz CT molecular complexity index is 617. The van der Waals surface area contributed by atoms with Crippen LogP contribution in [-0.4, -0.2) is 26.1 Å². The average Bonchev–Trinajstić information content (AvgIpc) is 2.76. The summed E-state index contributed by atoms with van der Waals surface area (Å²) in [6.07, 6.45) is 1.49. The summed E-state index contributed by atoms with van der Waals surface area (Å²) < 4.78 is 1.65. The van der Waals surface area contributed by atoms with Crippen molar-refractivity contribution >= 4 is 5.97 Å². The van der Waals surface area contributed by atoms with Crippen molar-refractivity contribution in [2.75, 3.05) is 0 Å². The molecule has 1 aromatic carbocycles. The van der Waals surface area contributed by atoms with E-state index in [0.29, 0.717) is 12.1 Å². The summed E-state index contributed by atoms with van der Waals surface area (Å²) in [7, 11) is 0. The molecule has 0 amide bonds. The molecule has 0 atom stereocenters. The second kappa shape index (κ2) is 5.22. The van der Waals surface area contributed by atoms with E-state index in [2.05, 4.69) is 10.3 Å². The van der Waals surface area contributed by atoms with Gasteiger partial charge in [0.15, 0.2) is 5.69 Å². The maximum atomic E-state index is 11.2. The number of hydrogen-bond donors (Lipinski definition) is 1. The van der Waals surface area contributed by atoms with Crippen LogP contribution < -0.4 is 0 Å². The Balaban J connectivity index is 2.61. The fourth-order valence-corrected chi connectivity index (χ4v) is 2.07. The van der Waals surface area contributed by atoms with Gasteiger partial charge in [-0.15, -0.1) is 5.10 Å². The molecule has 0 bridgehead atoms. The zero-order valence-corrected chi connectivity index (χ0v) is 11.3. The predicted molar refractivity (Wildman–Crippen MR) is 71.8 cm³/mol. The molecular weight excluding hydrogens is 242 g/mol. The monoisotopic (exact) mass is 259 g/mol. The van der Waals surface area contributed by atoms with Gasteiger partial charge in [-0.1, -0.05) is 30.7 Å². The van der Waals surface area contributed by atoms with Gasteiger partial charge in [0, 0.05) is 0 Å². The smallest absolute Gasteiger partial charge is 0.358 e. The molecular formula is C14H17N3O2. The number of aromatic carboxylic acids is 1. The van der Waals surface area contributed by atoms with E-state index in [-0.39, 0.29) is 5.69 Å². The fraction of sp³-hybridized carbons (Fsp3) is 0.357. The Kier molecular flexibility index (Phi) is 3.64. The molecule has 0 unspecified atom stereocenters.